The summed E-state index contributed by atoms with van der Waals surface area (Å²) in [4.78, 5) is 30.8. The summed E-state index contributed by atoms with van der Waals surface area (Å²) in [5.41, 5.74) is 2.18. The van der Waals surface area contributed by atoms with Gasteiger partial charge in [0, 0.05) is 50.9 Å². The number of pyridine rings is 1. The molecule has 0 spiro atoms. The molecule has 48 heavy (non-hydrogen) atoms. The number of amides is 1. The SMILES string of the molecule is CCOc1nc(Nc2nccc(-c3ccc(OC4CCN(C(=O)[C@H](C)O)C(F)(F)C4)c(C#N)c3)n2)ccc1N1CCN(C2COC2)CC1. The smallest absolute Gasteiger partial charge is 0.331 e. The van der Waals surface area contributed by atoms with Gasteiger partial charge in [0.25, 0.3) is 5.91 Å². The molecule has 15 heteroatoms. The van der Waals surface area contributed by atoms with Crippen LogP contribution in [0.15, 0.2) is 42.6 Å². The molecule has 3 aliphatic rings. The fourth-order valence-corrected chi connectivity index (χ4v) is 6.02. The number of hydrogen-bond donors (Lipinski definition) is 2. The second-order valence-electron chi connectivity index (χ2n) is 11.9. The minimum atomic E-state index is -3.49. The molecule has 2 atom stereocenters. The van der Waals surface area contributed by atoms with Gasteiger partial charge in [-0.1, -0.05) is 0 Å². The third-order valence-corrected chi connectivity index (χ3v) is 8.66. The van der Waals surface area contributed by atoms with Gasteiger partial charge in [-0.3, -0.25) is 14.6 Å². The van der Waals surface area contributed by atoms with Gasteiger partial charge < -0.3 is 29.5 Å². The molecule has 0 radical (unpaired) electrons. The third-order valence-electron chi connectivity index (χ3n) is 8.66. The van der Waals surface area contributed by atoms with Crippen LogP contribution in [-0.2, 0) is 9.53 Å². The van der Waals surface area contributed by atoms with Crippen LogP contribution in [0.25, 0.3) is 11.3 Å². The molecule has 13 nitrogen and oxygen atoms in total. The Kier molecular flexibility index (Phi) is 9.86. The predicted molar refractivity (Wildman–Crippen MR) is 171 cm³/mol. The minimum absolute atomic E-state index is 0.120. The number of nitriles is 1. The van der Waals surface area contributed by atoms with Crippen LogP contribution >= 0.6 is 0 Å². The number of aliphatic hydroxyl groups excluding tert-OH is 1. The number of benzene rings is 1. The molecule has 3 aliphatic heterocycles. The van der Waals surface area contributed by atoms with Crippen LogP contribution in [0, 0.1) is 11.3 Å². The Morgan fingerprint density at radius 3 is 2.62 bits per heavy atom. The highest BCUT2D eigenvalue weighted by atomic mass is 19.3. The van der Waals surface area contributed by atoms with E-state index in [0.717, 1.165) is 52.0 Å². The van der Waals surface area contributed by atoms with Crippen molar-refractivity contribution in [2.24, 2.45) is 0 Å². The number of anilines is 3. The highest BCUT2D eigenvalue weighted by molar-refractivity contribution is 5.80. The van der Waals surface area contributed by atoms with E-state index in [2.05, 4.69) is 31.2 Å². The number of piperazine rings is 1. The van der Waals surface area contributed by atoms with Crippen molar-refractivity contribution in [1.29, 1.82) is 5.26 Å². The van der Waals surface area contributed by atoms with Crippen molar-refractivity contribution in [2.75, 3.05) is 62.8 Å². The number of halogens is 2. The van der Waals surface area contributed by atoms with Crippen molar-refractivity contribution in [2.45, 2.75) is 51.0 Å². The molecule has 1 unspecified atom stereocenters. The highest BCUT2D eigenvalue weighted by Crippen LogP contribution is 2.36. The molecule has 1 amide bonds. The standard InChI is InChI=1S/C33H38F2N8O5/c1-3-47-30-27(42-14-12-41(13-15-42)24-19-46-20-24)5-7-29(39-30)40-32-37-10-8-26(38-32)22-4-6-28(23(16-22)18-36)48-25-9-11-43(31(45)21(2)44)33(34,35)17-25/h4-8,10,16,21,24-25,44H,3,9,11-15,17,19-20H2,1-2H3,(H,37,38,39,40)/t21-,25?/m0/s1. The minimum Gasteiger partial charge on any atom is -0.489 e. The van der Waals surface area contributed by atoms with Crippen LogP contribution < -0.4 is 19.7 Å². The Hall–Kier alpha value is -4.65. The van der Waals surface area contributed by atoms with Crippen molar-refractivity contribution in [3.05, 3.63) is 48.2 Å². The van der Waals surface area contributed by atoms with Crippen molar-refractivity contribution in [3.8, 4) is 29.0 Å². The van der Waals surface area contributed by atoms with Crippen LogP contribution in [0.4, 0.5) is 26.2 Å². The summed E-state index contributed by atoms with van der Waals surface area (Å²) < 4.78 is 46.5. The molecule has 0 saturated carbocycles. The fourth-order valence-electron chi connectivity index (χ4n) is 6.02. The van der Waals surface area contributed by atoms with Crippen LogP contribution in [-0.4, -0.2) is 113 Å². The van der Waals surface area contributed by atoms with E-state index in [1.807, 2.05) is 19.1 Å². The van der Waals surface area contributed by atoms with E-state index in [9.17, 15) is 23.9 Å². The van der Waals surface area contributed by atoms with Crippen LogP contribution in [0.1, 0.15) is 32.3 Å². The first kappa shape index (κ1) is 33.3. The van der Waals surface area contributed by atoms with Gasteiger partial charge in [0.15, 0.2) is 0 Å². The fraction of sp³-hybridized carbons (Fsp3) is 0.485. The topological polar surface area (TPSA) is 149 Å². The Balaban J connectivity index is 1.13. The maximum absolute atomic E-state index is 14.7. The van der Waals surface area contributed by atoms with Crippen molar-refractivity contribution in [1.82, 2.24) is 24.8 Å². The zero-order valence-corrected chi connectivity index (χ0v) is 26.8. The lowest BCUT2D eigenvalue weighted by Gasteiger charge is -2.43. The number of hydrogen-bond acceptors (Lipinski definition) is 12. The van der Waals surface area contributed by atoms with E-state index in [1.165, 1.54) is 0 Å². The molecule has 5 heterocycles. The molecule has 6 rings (SSSR count). The van der Waals surface area contributed by atoms with Gasteiger partial charge in [-0.05, 0) is 50.2 Å². The number of rotatable bonds is 10. The van der Waals surface area contributed by atoms with Gasteiger partial charge in [0.05, 0.1) is 43.5 Å². The lowest BCUT2D eigenvalue weighted by Crippen LogP contribution is -2.56. The van der Waals surface area contributed by atoms with Gasteiger partial charge in [0.1, 0.15) is 35.5 Å². The predicted octanol–water partition coefficient (Wildman–Crippen LogP) is 3.42. The van der Waals surface area contributed by atoms with E-state index >= 15 is 0 Å². The van der Waals surface area contributed by atoms with Gasteiger partial charge >= 0.3 is 6.05 Å². The largest absolute Gasteiger partial charge is 0.489 e. The van der Waals surface area contributed by atoms with Gasteiger partial charge in [-0.15, -0.1) is 0 Å². The molecule has 3 aromatic rings. The maximum Gasteiger partial charge on any atom is 0.331 e. The number of piperidine rings is 1. The second-order valence-corrected chi connectivity index (χ2v) is 11.9. The summed E-state index contributed by atoms with van der Waals surface area (Å²) in [7, 11) is 0. The Morgan fingerprint density at radius 1 is 1.17 bits per heavy atom. The number of aromatic nitrogens is 3. The molecule has 0 bridgehead atoms. The number of carbonyl (C=O) groups excluding carboxylic acids is 1. The van der Waals surface area contributed by atoms with E-state index in [4.69, 9.17) is 19.2 Å². The number of carbonyl (C=O) groups is 1. The summed E-state index contributed by atoms with van der Waals surface area (Å²) in [6.07, 6.45) is -1.52. The molecule has 2 aromatic heterocycles. The molecule has 3 saturated heterocycles. The van der Waals surface area contributed by atoms with Crippen molar-refractivity contribution >= 4 is 23.4 Å². The highest BCUT2D eigenvalue weighted by Gasteiger charge is 2.47. The molecule has 254 valence electrons. The summed E-state index contributed by atoms with van der Waals surface area (Å²) in [6, 6.07) is 9.42. The third kappa shape index (κ3) is 7.25. The number of nitrogens with one attached hydrogen (secondary N) is 1. The lowest BCUT2D eigenvalue weighted by molar-refractivity contribution is -0.202. The molecule has 2 N–H and O–H groups in total. The van der Waals surface area contributed by atoms with Crippen LogP contribution in [0.2, 0.25) is 0 Å². The van der Waals surface area contributed by atoms with Gasteiger partial charge in [-0.2, -0.15) is 19.0 Å². The first-order chi connectivity index (χ1) is 23.1. The molecule has 3 fully saturated rings. The molecule has 0 aliphatic carbocycles. The lowest BCUT2D eigenvalue weighted by atomic mass is 10.0. The number of aliphatic hydroxyl groups is 1. The Morgan fingerprint density at radius 2 is 1.96 bits per heavy atom. The van der Waals surface area contributed by atoms with Gasteiger partial charge in [-0.25, -0.2) is 9.97 Å². The van der Waals surface area contributed by atoms with E-state index < -0.39 is 30.6 Å². The summed E-state index contributed by atoms with van der Waals surface area (Å²) >= 11 is 0. The average molecular weight is 665 g/mol. The summed E-state index contributed by atoms with van der Waals surface area (Å²) in [5, 5.41) is 22.5. The zero-order chi connectivity index (χ0) is 33.8. The second kappa shape index (κ2) is 14.2. The first-order valence-corrected chi connectivity index (χ1v) is 16.0. The quantitative estimate of drug-likeness (QED) is 0.306. The van der Waals surface area contributed by atoms with E-state index in [1.54, 1.807) is 30.5 Å². The summed E-state index contributed by atoms with van der Waals surface area (Å²) in [5.74, 6) is 0.420. The summed E-state index contributed by atoms with van der Waals surface area (Å²) in [6.45, 7) is 8.47. The first-order valence-electron chi connectivity index (χ1n) is 16.0. The normalized spacial score (nSPS) is 20.4. The monoisotopic (exact) mass is 664 g/mol. The molecular weight excluding hydrogens is 626 g/mol. The van der Waals surface area contributed by atoms with Crippen molar-refractivity contribution < 1.29 is 32.9 Å². The maximum atomic E-state index is 14.7. The van der Waals surface area contributed by atoms with E-state index in [0.29, 0.717) is 40.5 Å². The van der Waals surface area contributed by atoms with Gasteiger partial charge in [0.2, 0.25) is 11.8 Å². The number of alkyl halides is 2. The van der Waals surface area contributed by atoms with E-state index in [-0.39, 0.29) is 30.2 Å². The van der Waals surface area contributed by atoms with Crippen molar-refractivity contribution in [3.63, 3.8) is 0 Å². The average Bonchev–Trinajstić information content (AvgIpc) is 3.04. The number of likely N-dealkylation sites (tertiary alicyclic amines) is 1. The zero-order valence-electron chi connectivity index (χ0n) is 26.8. The number of ether oxygens (including phenoxy) is 3. The Bertz CT molecular complexity index is 1660. The van der Waals surface area contributed by atoms with Crippen LogP contribution in [0.3, 0.4) is 0 Å². The molecular formula is C33H38F2N8O5. The molecule has 1 aromatic carbocycles. The van der Waals surface area contributed by atoms with Crippen LogP contribution in [0.5, 0.6) is 11.6 Å². The Labute approximate surface area is 277 Å². The number of nitrogens with zero attached hydrogens (tertiary/aromatic N) is 7.